The number of carboxylic acid groups (broad SMARTS) is 1. The van der Waals surface area contributed by atoms with Crippen LogP contribution < -0.4 is 10.0 Å². The summed E-state index contributed by atoms with van der Waals surface area (Å²) < 4.78 is 23.9. The molecule has 20 heavy (non-hydrogen) atoms. The van der Waals surface area contributed by atoms with E-state index in [1.165, 1.54) is 0 Å². The molecule has 1 amide bonds. The molecular weight excluding hydrogens is 284 g/mol. The highest BCUT2D eigenvalue weighted by Crippen LogP contribution is 2.31. The second kappa shape index (κ2) is 7.58. The predicted molar refractivity (Wildman–Crippen MR) is 75.7 cm³/mol. The molecule has 0 aliphatic heterocycles. The lowest BCUT2D eigenvalue weighted by atomic mass is 9.76. The zero-order valence-electron chi connectivity index (χ0n) is 12.4. The molecule has 3 N–H and O–H groups in total. The van der Waals surface area contributed by atoms with Gasteiger partial charge in [0.15, 0.2) is 0 Å². The molecule has 0 aromatic heterocycles. The fourth-order valence-corrected chi connectivity index (χ4v) is 2.01. The maximum Gasteiger partial charge on any atom is 0.310 e. The lowest BCUT2D eigenvalue weighted by Gasteiger charge is -2.28. The molecule has 7 nitrogen and oxygen atoms in total. The smallest absolute Gasteiger partial charge is 0.310 e. The van der Waals surface area contributed by atoms with Gasteiger partial charge in [-0.3, -0.25) is 9.59 Å². The summed E-state index contributed by atoms with van der Waals surface area (Å²) in [6, 6.07) is 0. The number of carboxylic acids is 1. The van der Waals surface area contributed by atoms with Crippen molar-refractivity contribution in [3.8, 4) is 0 Å². The van der Waals surface area contributed by atoms with Crippen LogP contribution in [-0.4, -0.2) is 44.7 Å². The monoisotopic (exact) mass is 308 g/mol. The van der Waals surface area contributed by atoms with Gasteiger partial charge in [-0.1, -0.05) is 13.8 Å². The van der Waals surface area contributed by atoms with E-state index in [1.54, 1.807) is 20.8 Å². The highest BCUT2D eigenvalue weighted by Gasteiger charge is 2.38. The second-order valence-corrected chi connectivity index (χ2v) is 7.26. The van der Waals surface area contributed by atoms with Crippen molar-refractivity contribution in [3.63, 3.8) is 0 Å². The van der Waals surface area contributed by atoms with E-state index in [-0.39, 0.29) is 24.8 Å². The van der Waals surface area contributed by atoms with Crippen LogP contribution in [0.15, 0.2) is 0 Å². The third-order valence-corrected chi connectivity index (χ3v) is 4.06. The Balaban J connectivity index is 4.14. The van der Waals surface area contributed by atoms with Gasteiger partial charge in [-0.25, -0.2) is 13.1 Å². The third-order valence-electron chi connectivity index (χ3n) is 3.33. The molecular formula is C12H24N2O5S. The molecule has 0 fully saturated rings. The maximum absolute atomic E-state index is 11.7. The SMILES string of the molecule is CC(C)C(C)(CC(=O)NCCCNS(C)(=O)=O)C(=O)O. The molecule has 0 aliphatic carbocycles. The number of amides is 1. The Hall–Kier alpha value is -1.15. The van der Waals surface area contributed by atoms with Gasteiger partial charge < -0.3 is 10.4 Å². The van der Waals surface area contributed by atoms with Gasteiger partial charge in [-0.2, -0.15) is 0 Å². The van der Waals surface area contributed by atoms with Crippen molar-refractivity contribution in [2.75, 3.05) is 19.3 Å². The van der Waals surface area contributed by atoms with Gasteiger partial charge in [-0.05, 0) is 19.3 Å². The Morgan fingerprint density at radius 1 is 1.25 bits per heavy atom. The zero-order valence-corrected chi connectivity index (χ0v) is 13.2. The van der Waals surface area contributed by atoms with Gasteiger partial charge in [-0.15, -0.1) is 0 Å². The summed E-state index contributed by atoms with van der Waals surface area (Å²) >= 11 is 0. The topological polar surface area (TPSA) is 113 Å². The molecule has 8 heteroatoms. The van der Waals surface area contributed by atoms with Crippen molar-refractivity contribution in [2.45, 2.75) is 33.6 Å². The molecule has 0 bridgehead atoms. The van der Waals surface area contributed by atoms with Crippen LogP contribution in [0.4, 0.5) is 0 Å². The summed E-state index contributed by atoms with van der Waals surface area (Å²) in [7, 11) is -3.22. The molecule has 0 spiro atoms. The molecule has 0 aliphatic rings. The standard InChI is InChI=1S/C12H24N2O5S/c1-9(2)12(3,11(16)17)8-10(15)13-6-5-7-14-20(4,18)19/h9,14H,5-8H2,1-4H3,(H,13,15)(H,16,17). The van der Waals surface area contributed by atoms with E-state index >= 15 is 0 Å². The van der Waals surface area contributed by atoms with Crippen molar-refractivity contribution >= 4 is 21.9 Å². The van der Waals surface area contributed by atoms with E-state index in [1.807, 2.05) is 0 Å². The Bertz CT molecular complexity index is 447. The van der Waals surface area contributed by atoms with Gasteiger partial charge in [0.05, 0.1) is 11.7 Å². The first-order valence-electron chi connectivity index (χ1n) is 6.44. The van der Waals surface area contributed by atoms with E-state index in [2.05, 4.69) is 10.0 Å². The lowest BCUT2D eigenvalue weighted by molar-refractivity contribution is -0.153. The van der Waals surface area contributed by atoms with Crippen molar-refractivity contribution in [1.29, 1.82) is 0 Å². The number of nitrogens with one attached hydrogen (secondary N) is 2. The number of sulfonamides is 1. The quantitative estimate of drug-likeness (QED) is 0.526. The maximum atomic E-state index is 11.7. The first kappa shape index (κ1) is 18.9. The van der Waals surface area contributed by atoms with Crippen molar-refractivity contribution in [2.24, 2.45) is 11.3 Å². The molecule has 0 aromatic rings. The van der Waals surface area contributed by atoms with Gasteiger partial charge in [0, 0.05) is 19.5 Å². The minimum Gasteiger partial charge on any atom is -0.481 e. The van der Waals surface area contributed by atoms with Crippen LogP contribution >= 0.6 is 0 Å². The van der Waals surface area contributed by atoms with Crippen LogP contribution in [0.25, 0.3) is 0 Å². The summed E-state index contributed by atoms with van der Waals surface area (Å²) in [5.41, 5.74) is -1.10. The van der Waals surface area contributed by atoms with E-state index < -0.39 is 21.4 Å². The van der Waals surface area contributed by atoms with E-state index in [0.29, 0.717) is 13.0 Å². The molecule has 1 atom stereocenters. The first-order valence-corrected chi connectivity index (χ1v) is 8.33. The highest BCUT2D eigenvalue weighted by molar-refractivity contribution is 7.88. The largest absolute Gasteiger partial charge is 0.481 e. The lowest BCUT2D eigenvalue weighted by Crippen LogP contribution is -2.39. The Morgan fingerprint density at radius 2 is 1.80 bits per heavy atom. The molecule has 0 heterocycles. The summed E-state index contributed by atoms with van der Waals surface area (Å²) in [6.07, 6.45) is 1.41. The number of aliphatic carboxylic acids is 1. The van der Waals surface area contributed by atoms with Gasteiger partial charge in [0.1, 0.15) is 0 Å². The summed E-state index contributed by atoms with van der Waals surface area (Å²) in [5.74, 6) is -1.51. The molecule has 0 rings (SSSR count). The minimum atomic E-state index is -3.22. The molecule has 118 valence electrons. The zero-order chi connectivity index (χ0) is 16.0. The summed E-state index contributed by atoms with van der Waals surface area (Å²) in [6.45, 7) is 5.61. The van der Waals surface area contributed by atoms with E-state index in [9.17, 15) is 23.1 Å². The highest BCUT2D eigenvalue weighted by atomic mass is 32.2. The van der Waals surface area contributed by atoms with Crippen LogP contribution in [0.5, 0.6) is 0 Å². The molecule has 0 radical (unpaired) electrons. The molecule has 1 unspecified atom stereocenters. The average molecular weight is 308 g/mol. The fourth-order valence-electron chi connectivity index (χ4n) is 1.50. The van der Waals surface area contributed by atoms with Crippen LogP contribution in [0.3, 0.4) is 0 Å². The van der Waals surface area contributed by atoms with Crippen molar-refractivity contribution in [3.05, 3.63) is 0 Å². The van der Waals surface area contributed by atoms with Crippen molar-refractivity contribution in [1.82, 2.24) is 10.0 Å². The number of rotatable bonds is 9. The van der Waals surface area contributed by atoms with E-state index in [0.717, 1.165) is 6.26 Å². The van der Waals surface area contributed by atoms with Crippen LogP contribution in [0, 0.1) is 11.3 Å². The Kier molecular flexibility index (Phi) is 7.15. The Labute approximate surface area is 120 Å². The second-order valence-electron chi connectivity index (χ2n) is 5.42. The molecule has 0 saturated heterocycles. The number of carbonyl (C=O) groups excluding carboxylic acids is 1. The van der Waals surface area contributed by atoms with Crippen molar-refractivity contribution < 1.29 is 23.1 Å². The summed E-state index contributed by atoms with van der Waals surface area (Å²) in [4.78, 5) is 22.9. The normalized spacial score (nSPS) is 14.8. The van der Waals surface area contributed by atoms with Gasteiger partial charge in [0.2, 0.25) is 15.9 Å². The summed E-state index contributed by atoms with van der Waals surface area (Å²) in [5, 5.41) is 11.8. The molecule has 0 saturated carbocycles. The third kappa shape index (κ3) is 6.85. The Morgan fingerprint density at radius 3 is 2.20 bits per heavy atom. The minimum absolute atomic E-state index is 0.0977. The van der Waals surface area contributed by atoms with Gasteiger partial charge >= 0.3 is 5.97 Å². The number of carbonyl (C=O) groups is 2. The van der Waals surface area contributed by atoms with Crippen LogP contribution in [0.2, 0.25) is 0 Å². The predicted octanol–water partition coefficient (Wildman–Crippen LogP) is 0.179. The number of hydrogen-bond donors (Lipinski definition) is 3. The fraction of sp³-hybridized carbons (Fsp3) is 0.833. The van der Waals surface area contributed by atoms with Crippen LogP contribution in [-0.2, 0) is 19.6 Å². The van der Waals surface area contributed by atoms with Crippen LogP contribution in [0.1, 0.15) is 33.6 Å². The first-order chi connectivity index (χ1) is 8.99. The van der Waals surface area contributed by atoms with Gasteiger partial charge in [0.25, 0.3) is 0 Å². The van der Waals surface area contributed by atoms with E-state index in [4.69, 9.17) is 0 Å². The average Bonchev–Trinajstić information content (AvgIpc) is 2.26. The molecule has 0 aromatic carbocycles. The number of hydrogen-bond acceptors (Lipinski definition) is 4.